The van der Waals surface area contributed by atoms with E-state index in [1.807, 2.05) is 4.90 Å². The van der Waals surface area contributed by atoms with Crippen molar-refractivity contribution >= 4 is 28.9 Å². The van der Waals surface area contributed by atoms with Gasteiger partial charge in [0.15, 0.2) is 0 Å². The fourth-order valence-electron chi connectivity index (χ4n) is 3.15. The summed E-state index contributed by atoms with van der Waals surface area (Å²) in [5.74, 6) is -0.841. The number of amides is 1. The lowest BCUT2D eigenvalue weighted by molar-refractivity contribution is -0.385. The van der Waals surface area contributed by atoms with Gasteiger partial charge in [0.05, 0.1) is 9.85 Å². The summed E-state index contributed by atoms with van der Waals surface area (Å²) < 4.78 is 0. The first-order chi connectivity index (χ1) is 14.0. The van der Waals surface area contributed by atoms with Crippen molar-refractivity contribution in [2.24, 2.45) is 0 Å². The van der Waals surface area contributed by atoms with Crippen molar-refractivity contribution in [1.82, 2.24) is 15.4 Å². The molecular weight excluding hydrogens is 382 g/mol. The molecule has 2 aromatic rings. The zero-order valence-electron chi connectivity index (χ0n) is 15.4. The Morgan fingerprint density at radius 3 is 2.34 bits per heavy atom. The predicted molar refractivity (Wildman–Crippen MR) is 104 cm³/mol. The van der Waals surface area contributed by atoms with E-state index in [0.29, 0.717) is 13.1 Å². The number of nitrogens with one attached hydrogen (secondary N) is 2. The molecule has 2 N–H and O–H groups in total. The number of carbonyl (C=O) groups excluding carboxylic acids is 1. The van der Waals surface area contributed by atoms with E-state index in [1.54, 1.807) is 0 Å². The largest absolute Gasteiger partial charge is 0.355 e. The molecule has 1 aliphatic heterocycles. The first kappa shape index (κ1) is 19.9. The Labute approximate surface area is 165 Å². The molecule has 0 bridgehead atoms. The molecule has 1 amide bonds. The van der Waals surface area contributed by atoms with E-state index in [-0.39, 0.29) is 28.6 Å². The van der Waals surface area contributed by atoms with E-state index in [9.17, 15) is 25.0 Å². The van der Waals surface area contributed by atoms with Crippen molar-refractivity contribution in [3.8, 4) is 0 Å². The fraction of sp³-hybridized carbons (Fsp3) is 0.353. The molecule has 1 fully saturated rings. The van der Waals surface area contributed by atoms with Gasteiger partial charge in [-0.1, -0.05) is 25.0 Å². The normalized spacial score (nSPS) is 14.0. The van der Waals surface area contributed by atoms with E-state index >= 15 is 0 Å². The van der Waals surface area contributed by atoms with E-state index in [0.717, 1.165) is 25.7 Å². The van der Waals surface area contributed by atoms with E-state index in [1.165, 1.54) is 30.6 Å². The van der Waals surface area contributed by atoms with Gasteiger partial charge in [-0.2, -0.15) is 0 Å². The number of hydrazine groups is 1. The summed E-state index contributed by atoms with van der Waals surface area (Å²) in [6.45, 7) is 1.28. The minimum absolute atomic E-state index is 0.175. The molecule has 1 aromatic carbocycles. The van der Waals surface area contributed by atoms with Crippen LogP contribution in [0.3, 0.4) is 0 Å². The van der Waals surface area contributed by atoms with Gasteiger partial charge < -0.3 is 4.90 Å². The van der Waals surface area contributed by atoms with E-state index in [4.69, 9.17) is 0 Å². The molecule has 0 radical (unpaired) electrons. The van der Waals surface area contributed by atoms with Gasteiger partial charge in [-0.05, 0) is 18.9 Å². The third-order valence-corrected chi connectivity index (χ3v) is 4.53. The molecule has 1 saturated heterocycles. The summed E-state index contributed by atoms with van der Waals surface area (Å²) in [6, 6.07) is 5.39. The average Bonchev–Trinajstić information content (AvgIpc) is 3.01. The minimum atomic E-state index is -0.818. The number of benzene rings is 1. The molecule has 1 aliphatic rings. The van der Waals surface area contributed by atoms with Crippen LogP contribution < -0.4 is 15.8 Å². The van der Waals surface area contributed by atoms with Gasteiger partial charge in [0.2, 0.25) is 11.6 Å². The third-order valence-electron chi connectivity index (χ3n) is 4.53. The lowest BCUT2D eigenvalue weighted by Crippen LogP contribution is -2.31. The van der Waals surface area contributed by atoms with Crippen molar-refractivity contribution in [1.29, 1.82) is 0 Å². The fourth-order valence-corrected chi connectivity index (χ4v) is 3.15. The number of hydrogen-bond donors (Lipinski definition) is 2. The minimum Gasteiger partial charge on any atom is -0.351 e. The second-order valence-electron chi connectivity index (χ2n) is 6.41. The molecule has 12 nitrogen and oxygen atoms in total. The Balaban J connectivity index is 1.84. The number of nitro groups is 2. The van der Waals surface area contributed by atoms with Crippen LogP contribution in [-0.4, -0.2) is 38.8 Å². The maximum absolute atomic E-state index is 12.4. The highest BCUT2D eigenvalue weighted by molar-refractivity contribution is 5.98. The van der Waals surface area contributed by atoms with Crippen LogP contribution in [0.25, 0.3) is 0 Å². The molecule has 29 heavy (non-hydrogen) atoms. The molecule has 2 heterocycles. The van der Waals surface area contributed by atoms with Crippen molar-refractivity contribution in [2.45, 2.75) is 25.7 Å². The van der Waals surface area contributed by atoms with Crippen LogP contribution in [0.1, 0.15) is 36.0 Å². The third kappa shape index (κ3) is 4.54. The Morgan fingerprint density at radius 1 is 1.00 bits per heavy atom. The highest BCUT2D eigenvalue weighted by Gasteiger charge is 2.28. The topological polar surface area (TPSA) is 156 Å². The van der Waals surface area contributed by atoms with Gasteiger partial charge in [-0.3, -0.25) is 35.9 Å². The Morgan fingerprint density at radius 2 is 1.69 bits per heavy atom. The number of nitrogens with zero attached hydrogens (tertiary/aromatic N) is 5. The standard InChI is InChI=1S/C17H19N7O5/c25-17(12-7-3-4-8-13(12)23(26)27)21-20-15-14(24(28)29)16(19-11-18-15)22-9-5-1-2-6-10-22/h3-4,7-8,11H,1-2,5-6,9-10H2,(H,21,25)(H,18,19,20). The number of carbonyl (C=O) groups is 1. The Hall–Kier alpha value is -3.83. The summed E-state index contributed by atoms with van der Waals surface area (Å²) in [5.41, 5.74) is 3.72. The Kier molecular flexibility index (Phi) is 6.12. The molecule has 0 spiro atoms. The number of anilines is 2. The lowest BCUT2D eigenvalue weighted by atomic mass is 10.2. The molecule has 0 atom stereocenters. The van der Waals surface area contributed by atoms with Gasteiger partial charge >= 0.3 is 5.69 Å². The molecule has 0 aliphatic carbocycles. The maximum Gasteiger partial charge on any atom is 0.355 e. The average molecular weight is 401 g/mol. The first-order valence-electron chi connectivity index (χ1n) is 9.03. The van der Waals surface area contributed by atoms with Crippen LogP contribution in [0.2, 0.25) is 0 Å². The predicted octanol–water partition coefficient (Wildman–Crippen LogP) is 2.43. The first-order valence-corrected chi connectivity index (χ1v) is 9.03. The molecule has 0 saturated carbocycles. The van der Waals surface area contributed by atoms with Gasteiger partial charge in [0, 0.05) is 19.2 Å². The number of aromatic nitrogens is 2. The smallest absolute Gasteiger partial charge is 0.351 e. The molecule has 152 valence electrons. The lowest BCUT2D eigenvalue weighted by Gasteiger charge is -2.21. The van der Waals surface area contributed by atoms with E-state index in [2.05, 4.69) is 20.8 Å². The van der Waals surface area contributed by atoms with Crippen molar-refractivity contribution in [3.63, 3.8) is 0 Å². The second kappa shape index (κ2) is 8.91. The maximum atomic E-state index is 12.4. The van der Waals surface area contributed by atoms with Gasteiger partial charge in [-0.25, -0.2) is 9.97 Å². The Bertz CT molecular complexity index is 928. The SMILES string of the molecule is O=C(NNc1ncnc(N2CCCCCC2)c1[N+](=O)[O-])c1ccccc1[N+](=O)[O-]. The summed E-state index contributed by atoms with van der Waals surface area (Å²) in [4.78, 5) is 43.6. The van der Waals surface area contributed by atoms with Crippen LogP contribution in [0.5, 0.6) is 0 Å². The van der Waals surface area contributed by atoms with Gasteiger partial charge in [-0.15, -0.1) is 0 Å². The van der Waals surface area contributed by atoms with Crippen LogP contribution in [0.15, 0.2) is 30.6 Å². The van der Waals surface area contributed by atoms with E-state index < -0.39 is 15.8 Å². The molecular formula is C17H19N7O5. The van der Waals surface area contributed by atoms with Crippen LogP contribution >= 0.6 is 0 Å². The van der Waals surface area contributed by atoms with Crippen LogP contribution in [-0.2, 0) is 0 Å². The van der Waals surface area contributed by atoms with Crippen LogP contribution in [0, 0.1) is 20.2 Å². The summed E-state index contributed by atoms with van der Waals surface area (Å²) in [7, 11) is 0. The highest BCUT2D eigenvalue weighted by atomic mass is 16.6. The number of nitro benzene ring substituents is 1. The van der Waals surface area contributed by atoms with Crippen molar-refractivity contribution in [3.05, 3.63) is 56.4 Å². The quantitative estimate of drug-likeness (QED) is 0.548. The van der Waals surface area contributed by atoms with Crippen LogP contribution in [0.4, 0.5) is 23.0 Å². The monoisotopic (exact) mass is 401 g/mol. The molecule has 3 rings (SSSR count). The zero-order valence-corrected chi connectivity index (χ0v) is 15.4. The van der Waals surface area contributed by atoms with Crippen molar-refractivity contribution < 1.29 is 14.6 Å². The number of rotatable bonds is 6. The molecule has 1 aromatic heterocycles. The summed E-state index contributed by atoms with van der Waals surface area (Å²) in [5, 5.41) is 22.8. The van der Waals surface area contributed by atoms with Gasteiger partial charge in [0.1, 0.15) is 11.9 Å². The van der Waals surface area contributed by atoms with Crippen molar-refractivity contribution in [2.75, 3.05) is 23.4 Å². The van der Waals surface area contributed by atoms with Gasteiger partial charge in [0.25, 0.3) is 11.6 Å². The summed E-state index contributed by atoms with van der Waals surface area (Å²) >= 11 is 0. The highest BCUT2D eigenvalue weighted by Crippen LogP contribution is 2.32. The summed E-state index contributed by atoms with van der Waals surface area (Å²) in [6.07, 6.45) is 5.07. The zero-order chi connectivity index (χ0) is 20.8. The molecule has 0 unspecified atom stereocenters. The second-order valence-corrected chi connectivity index (χ2v) is 6.41. The number of hydrogen-bond acceptors (Lipinski definition) is 9. The molecule has 12 heteroatoms. The number of para-hydroxylation sites is 1.